The van der Waals surface area contributed by atoms with Crippen LogP contribution in [0.15, 0.2) is 42.5 Å². The number of ether oxygens (including phenoxy) is 3. The summed E-state index contributed by atoms with van der Waals surface area (Å²) in [4.78, 5) is 23.6. The molecule has 0 aliphatic rings. The minimum absolute atomic E-state index is 0.0180. The number of aryl methyl sites for hydroxylation is 1. The number of hydrogen-bond donors (Lipinski definition) is 1. The maximum Gasteiger partial charge on any atom is 0.309 e. The molecule has 0 fully saturated rings. The van der Waals surface area contributed by atoms with Gasteiger partial charge in [0.25, 0.3) is 5.91 Å². The molecule has 0 saturated carbocycles. The van der Waals surface area contributed by atoms with Gasteiger partial charge < -0.3 is 19.5 Å². The third kappa shape index (κ3) is 6.83. The van der Waals surface area contributed by atoms with Gasteiger partial charge in [-0.15, -0.1) is 0 Å². The van der Waals surface area contributed by atoms with Crippen molar-refractivity contribution in [1.82, 2.24) is 0 Å². The maximum atomic E-state index is 11.8. The van der Waals surface area contributed by atoms with Crippen LogP contribution in [0.2, 0.25) is 5.02 Å². The predicted molar refractivity (Wildman–Crippen MR) is 104 cm³/mol. The molecular formula is C20H22ClNO5. The number of amides is 1. The van der Waals surface area contributed by atoms with E-state index in [-0.39, 0.29) is 19.6 Å². The lowest BCUT2D eigenvalue weighted by atomic mass is 10.2. The van der Waals surface area contributed by atoms with Crippen LogP contribution in [0, 0.1) is 6.92 Å². The van der Waals surface area contributed by atoms with Gasteiger partial charge in [0.15, 0.2) is 18.1 Å². The van der Waals surface area contributed by atoms with E-state index >= 15 is 0 Å². The van der Waals surface area contributed by atoms with Crippen molar-refractivity contribution in [2.45, 2.75) is 20.3 Å². The zero-order chi connectivity index (χ0) is 19.6. The van der Waals surface area contributed by atoms with E-state index in [9.17, 15) is 9.59 Å². The highest BCUT2D eigenvalue weighted by Crippen LogP contribution is 2.26. The molecule has 144 valence electrons. The van der Waals surface area contributed by atoms with Crippen molar-refractivity contribution < 1.29 is 23.8 Å². The lowest BCUT2D eigenvalue weighted by Gasteiger charge is -2.11. The van der Waals surface area contributed by atoms with Crippen molar-refractivity contribution in [2.24, 2.45) is 0 Å². The van der Waals surface area contributed by atoms with E-state index in [1.807, 2.05) is 26.0 Å². The number of halogens is 1. The molecule has 0 bridgehead atoms. The Morgan fingerprint density at radius 2 is 1.78 bits per heavy atom. The lowest BCUT2D eigenvalue weighted by molar-refractivity contribution is -0.147. The second kappa shape index (κ2) is 10.4. The van der Waals surface area contributed by atoms with Gasteiger partial charge in [0.1, 0.15) is 0 Å². The fraction of sp³-hybridized carbons (Fsp3) is 0.300. The van der Waals surface area contributed by atoms with Gasteiger partial charge in [0, 0.05) is 10.7 Å². The number of anilines is 1. The summed E-state index contributed by atoms with van der Waals surface area (Å²) < 4.78 is 15.9. The highest BCUT2D eigenvalue weighted by molar-refractivity contribution is 6.31. The Bertz CT molecular complexity index is 794. The van der Waals surface area contributed by atoms with E-state index in [2.05, 4.69) is 5.32 Å². The van der Waals surface area contributed by atoms with Crippen molar-refractivity contribution >= 4 is 29.2 Å². The van der Waals surface area contributed by atoms with Crippen molar-refractivity contribution in [2.75, 3.05) is 25.1 Å². The van der Waals surface area contributed by atoms with E-state index in [0.717, 1.165) is 5.56 Å². The minimum Gasteiger partial charge on any atom is -0.490 e. The van der Waals surface area contributed by atoms with Crippen LogP contribution in [0.3, 0.4) is 0 Å². The number of para-hydroxylation sites is 2. The second-order valence-corrected chi connectivity index (χ2v) is 6.06. The number of benzene rings is 2. The molecule has 27 heavy (non-hydrogen) atoms. The molecule has 0 aliphatic heterocycles. The smallest absolute Gasteiger partial charge is 0.309 e. The van der Waals surface area contributed by atoms with Gasteiger partial charge in [-0.3, -0.25) is 9.59 Å². The molecule has 2 aromatic rings. The quantitative estimate of drug-likeness (QED) is 0.654. The summed E-state index contributed by atoms with van der Waals surface area (Å²) >= 11 is 6.00. The molecule has 2 rings (SSSR count). The van der Waals surface area contributed by atoms with Crippen LogP contribution in [-0.2, 0) is 14.3 Å². The van der Waals surface area contributed by atoms with Crippen LogP contribution < -0.4 is 14.8 Å². The Labute approximate surface area is 163 Å². The maximum absolute atomic E-state index is 11.8. The Morgan fingerprint density at radius 1 is 1.07 bits per heavy atom. The van der Waals surface area contributed by atoms with Crippen molar-refractivity contribution in [3.05, 3.63) is 53.1 Å². The van der Waals surface area contributed by atoms with Gasteiger partial charge in [0.05, 0.1) is 19.6 Å². The summed E-state index contributed by atoms with van der Waals surface area (Å²) in [7, 11) is 0. The monoisotopic (exact) mass is 391 g/mol. The van der Waals surface area contributed by atoms with Gasteiger partial charge in [0.2, 0.25) is 0 Å². The Balaban J connectivity index is 1.71. The first-order valence-corrected chi connectivity index (χ1v) is 8.93. The zero-order valence-corrected chi connectivity index (χ0v) is 16.0. The minimum atomic E-state index is -0.527. The third-order valence-electron chi connectivity index (χ3n) is 3.53. The first kappa shape index (κ1) is 20.6. The van der Waals surface area contributed by atoms with E-state index in [1.54, 1.807) is 30.3 Å². The van der Waals surface area contributed by atoms with Crippen LogP contribution in [0.5, 0.6) is 11.5 Å². The van der Waals surface area contributed by atoms with Crippen molar-refractivity contribution in [1.29, 1.82) is 0 Å². The van der Waals surface area contributed by atoms with E-state index < -0.39 is 11.9 Å². The molecule has 6 nitrogen and oxygen atoms in total. The number of esters is 1. The van der Waals surface area contributed by atoms with Gasteiger partial charge in [-0.2, -0.15) is 0 Å². The molecule has 0 atom stereocenters. The number of rotatable bonds is 9. The fourth-order valence-corrected chi connectivity index (χ4v) is 2.35. The Hall–Kier alpha value is -2.73. The Morgan fingerprint density at radius 3 is 2.44 bits per heavy atom. The summed E-state index contributed by atoms with van der Waals surface area (Å²) in [5, 5.41) is 3.17. The number of carbonyl (C=O) groups is 2. The van der Waals surface area contributed by atoms with Gasteiger partial charge in [-0.05, 0) is 43.7 Å². The van der Waals surface area contributed by atoms with Crippen LogP contribution in [0.1, 0.15) is 18.9 Å². The molecule has 0 unspecified atom stereocenters. The topological polar surface area (TPSA) is 73.9 Å². The Kier molecular flexibility index (Phi) is 7.95. The molecule has 0 aliphatic carbocycles. The second-order valence-electron chi connectivity index (χ2n) is 5.65. The van der Waals surface area contributed by atoms with Crippen LogP contribution >= 0.6 is 11.6 Å². The van der Waals surface area contributed by atoms with E-state index in [4.69, 9.17) is 25.8 Å². The van der Waals surface area contributed by atoms with Gasteiger partial charge in [-0.25, -0.2) is 0 Å². The first-order valence-electron chi connectivity index (χ1n) is 8.56. The normalized spacial score (nSPS) is 10.2. The van der Waals surface area contributed by atoms with E-state index in [0.29, 0.717) is 28.8 Å². The molecule has 0 heterocycles. The lowest BCUT2D eigenvalue weighted by Crippen LogP contribution is -2.21. The van der Waals surface area contributed by atoms with Gasteiger partial charge in [-0.1, -0.05) is 29.8 Å². The molecule has 0 spiro atoms. The summed E-state index contributed by atoms with van der Waals surface area (Å²) in [5.41, 5.74) is 1.45. The molecule has 7 heteroatoms. The first-order chi connectivity index (χ1) is 13.0. The molecule has 2 aromatic carbocycles. The zero-order valence-electron chi connectivity index (χ0n) is 15.3. The average molecular weight is 392 g/mol. The number of hydrogen-bond acceptors (Lipinski definition) is 5. The average Bonchev–Trinajstić information content (AvgIpc) is 2.65. The van der Waals surface area contributed by atoms with Crippen molar-refractivity contribution in [3.63, 3.8) is 0 Å². The molecular weight excluding hydrogens is 370 g/mol. The molecule has 1 amide bonds. The van der Waals surface area contributed by atoms with Crippen LogP contribution in [0.25, 0.3) is 0 Å². The molecule has 0 saturated heterocycles. The fourth-order valence-electron chi connectivity index (χ4n) is 2.17. The molecule has 0 radical (unpaired) electrons. The molecule has 1 N–H and O–H groups in total. The van der Waals surface area contributed by atoms with Crippen LogP contribution in [0.4, 0.5) is 5.69 Å². The molecule has 0 aromatic heterocycles. The highest BCUT2D eigenvalue weighted by atomic mass is 35.5. The number of nitrogens with one attached hydrogen (secondary N) is 1. The van der Waals surface area contributed by atoms with Crippen molar-refractivity contribution in [3.8, 4) is 11.5 Å². The van der Waals surface area contributed by atoms with E-state index in [1.165, 1.54) is 0 Å². The summed E-state index contributed by atoms with van der Waals surface area (Å²) in [6, 6.07) is 12.4. The third-order valence-corrected chi connectivity index (χ3v) is 3.94. The standard InChI is InChI=1S/C20H22ClNO5/c1-3-25-17-6-4-5-7-18(17)26-11-10-20(24)27-13-19(23)22-15-9-8-14(2)16(21)12-15/h4-9,12H,3,10-11,13H2,1-2H3,(H,22,23). The SMILES string of the molecule is CCOc1ccccc1OCCC(=O)OCC(=O)Nc1ccc(C)c(Cl)c1. The highest BCUT2D eigenvalue weighted by Gasteiger charge is 2.10. The summed E-state index contributed by atoms with van der Waals surface area (Å²) in [6.07, 6.45) is 0.0180. The van der Waals surface area contributed by atoms with Crippen LogP contribution in [-0.4, -0.2) is 31.7 Å². The summed E-state index contributed by atoms with van der Waals surface area (Å²) in [6.45, 7) is 4.01. The number of carbonyl (C=O) groups excluding carboxylic acids is 2. The largest absolute Gasteiger partial charge is 0.490 e. The predicted octanol–water partition coefficient (Wildman–Crippen LogP) is 4.00. The summed E-state index contributed by atoms with van der Waals surface area (Å²) in [5.74, 6) is 0.206. The van der Waals surface area contributed by atoms with Gasteiger partial charge >= 0.3 is 5.97 Å².